The van der Waals surface area contributed by atoms with Gasteiger partial charge in [-0.2, -0.15) is 5.10 Å². The lowest BCUT2D eigenvalue weighted by Crippen LogP contribution is -2.33. The van der Waals surface area contributed by atoms with Crippen LogP contribution in [0.5, 0.6) is 5.75 Å². The molecule has 6 nitrogen and oxygen atoms in total. The van der Waals surface area contributed by atoms with Crippen LogP contribution in [0.25, 0.3) is 0 Å². The van der Waals surface area contributed by atoms with Crippen molar-refractivity contribution >= 4 is 11.7 Å². The van der Waals surface area contributed by atoms with Gasteiger partial charge in [-0.3, -0.25) is 4.68 Å². The number of anilines is 1. The standard InChI is InChI=1S/C21H30N4O2/c1-15(14-25-17(3)12-16(2)24-25)13-22-21(26)23-18-8-10-20(11-9-18)27-19-6-4-5-7-19/h8-12,15,19H,4-7,13-14H2,1-3H3,(H2,22,23,26)/t15-/m0/s1. The number of nitrogens with zero attached hydrogens (tertiary/aromatic N) is 2. The summed E-state index contributed by atoms with van der Waals surface area (Å²) in [5.41, 5.74) is 2.92. The second kappa shape index (κ2) is 8.93. The Bertz CT molecular complexity index is 748. The van der Waals surface area contributed by atoms with Crippen LogP contribution in [0, 0.1) is 19.8 Å². The molecule has 0 radical (unpaired) electrons. The third-order valence-corrected chi connectivity index (χ3v) is 4.92. The van der Waals surface area contributed by atoms with Crippen LogP contribution in [0.1, 0.15) is 44.0 Å². The second-order valence-electron chi connectivity index (χ2n) is 7.60. The first kappa shape index (κ1) is 19.3. The number of hydrogen-bond donors (Lipinski definition) is 2. The lowest BCUT2D eigenvalue weighted by Gasteiger charge is -2.15. The summed E-state index contributed by atoms with van der Waals surface area (Å²) >= 11 is 0. The zero-order chi connectivity index (χ0) is 19.2. The van der Waals surface area contributed by atoms with E-state index in [0.29, 0.717) is 12.6 Å². The SMILES string of the molecule is Cc1cc(C)n(C[C@@H](C)CNC(=O)Nc2ccc(OC3CCCC3)cc2)n1. The monoisotopic (exact) mass is 370 g/mol. The molecular weight excluding hydrogens is 340 g/mol. The Kier molecular flexibility index (Phi) is 6.37. The Labute approximate surface area is 161 Å². The number of rotatable bonds is 7. The van der Waals surface area contributed by atoms with Crippen LogP contribution < -0.4 is 15.4 Å². The summed E-state index contributed by atoms with van der Waals surface area (Å²) in [5, 5.41) is 10.3. The van der Waals surface area contributed by atoms with Gasteiger partial charge in [0, 0.05) is 24.5 Å². The largest absolute Gasteiger partial charge is 0.490 e. The number of nitrogens with one attached hydrogen (secondary N) is 2. The van der Waals surface area contributed by atoms with E-state index in [1.54, 1.807) is 0 Å². The molecular formula is C21H30N4O2. The van der Waals surface area contributed by atoms with Crippen molar-refractivity contribution in [1.82, 2.24) is 15.1 Å². The van der Waals surface area contributed by atoms with E-state index in [9.17, 15) is 4.79 Å². The van der Waals surface area contributed by atoms with Crippen molar-refractivity contribution < 1.29 is 9.53 Å². The number of aryl methyl sites for hydroxylation is 2. The molecule has 1 atom stereocenters. The van der Waals surface area contributed by atoms with Gasteiger partial charge in [-0.05, 0) is 75.8 Å². The summed E-state index contributed by atoms with van der Waals surface area (Å²) in [6.45, 7) is 7.52. The van der Waals surface area contributed by atoms with Gasteiger partial charge in [-0.15, -0.1) is 0 Å². The lowest BCUT2D eigenvalue weighted by atomic mass is 10.2. The minimum Gasteiger partial charge on any atom is -0.490 e. The van der Waals surface area contributed by atoms with E-state index < -0.39 is 0 Å². The molecule has 3 rings (SSSR count). The molecule has 1 heterocycles. The van der Waals surface area contributed by atoms with Crippen molar-refractivity contribution in [3.63, 3.8) is 0 Å². The van der Waals surface area contributed by atoms with Crippen LogP contribution >= 0.6 is 0 Å². The molecule has 0 saturated heterocycles. The van der Waals surface area contributed by atoms with Gasteiger partial charge in [-0.1, -0.05) is 6.92 Å². The molecule has 1 aromatic carbocycles. The summed E-state index contributed by atoms with van der Waals surface area (Å²) in [6, 6.07) is 9.46. The number of benzene rings is 1. The van der Waals surface area contributed by atoms with E-state index in [0.717, 1.165) is 42.2 Å². The van der Waals surface area contributed by atoms with Gasteiger partial charge in [0.2, 0.25) is 0 Å². The Morgan fingerprint density at radius 2 is 1.96 bits per heavy atom. The smallest absolute Gasteiger partial charge is 0.319 e. The Morgan fingerprint density at radius 1 is 1.26 bits per heavy atom. The van der Waals surface area contributed by atoms with E-state index in [4.69, 9.17) is 4.74 Å². The zero-order valence-corrected chi connectivity index (χ0v) is 16.5. The van der Waals surface area contributed by atoms with Crippen molar-refractivity contribution in [1.29, 1.82) is 0 Å². The highest BCUT2D eigenvalue weighted by molar-refractivity contribution is 5.89. The first-order chi connectivity index (χ1) is 13.0. The summed E-state index contributed by atoms with van der Waals surface area (Å²) in [4.78, 5) is 12.1. The molecule has 2 amide bonds. The van der Waals surface area contributed by atoms with E-state index >= 15 is 0 Å². The van der Waals surface area contributed by atoms with Gasteiger partial charge in [0.25, 0.3) is 0 Å². The third-order valence-electron chi connectivity index (χ3n) is 4.92. The maximum absolute atomic E-state index is 12.1. The number of carbonyl (C=O) groups excluding carboxylic acids is 1. The molecule has 1 aliphatic rings. The van der Waals surface area contributed by atoms with Crippen molar-refractivity contribution in [2.45, 2.75) is 59.1 Å². The summed E-state index contributed by atoms with van der Waals surface area (Å²) in [7, 11) is 0. The second-order valence-corrected chi connectivity index (χ2v) is 7.60. The van der Waals surface area contributed by atoms with Gasteiger partial charge in [0.05, 0.1) is 11.8 Å². The molecule has 146 valence electrons. The molecule has 2 N–H and O–H groups in total. The van der Waals surface area contributed by atoms with Crippen molar-refractivity contribution in [3.05, 3.63) is 41.7 Å². The van der Waals surface area contributed by atoms with Crippen LogP contribution in [-0.4, -0.2) is 28.5 Å². The molecule has 1 fully saturated rings. The van der Waals surface area contributed by atoms with Crippen molar-refractivity contribution in [3.8, 4) is 5.75 Å². The van der Waals surface area contributed by atoms with Crippen molar-refractivity contribution in [2.24, 2.45) is 5.92 Å². The van der Waals surface area contributed by atoms with Crippen LogP contribution in [0.15, 0.2) is 30.3 Å². The summed E-state index contributed by atoms with van der Waals surface area (Å²) < 4.78 is 7.93. The number of carbonyl (C=O) groups is 1. The predicted molar refractivity (Wildman–Crippen MR) is 107 cm³/mol. The fraction of sp³-hybridized carbons (Fsp3) is 0.524. The lowest BCUT2D eigenvalue weighted by molar-refractivity contribution is 0.210. The van der Waals surface area contributed by atoms with Gasteiger partial charge in [0.1, 0.15) is 5.75 Å². The van der Waals surface area contributed by atoms with Crippen LogP contribution in [-0.2, 0) is 6.54 Å². The summed E-state index contributed by atoms with van der Waals surface area (Å²) in [5.74, 6) is 1.15. The Balaban J connectivity index is 1.41. The van der Waals surface area contributed by atoms with E-state index in [1.807, 2.05) is 42.8 Å². The van der Waals surface area contributed by atoms with Gasteiger partial charge >= 0.3 is 6.03 Å². The van der Waals surface area contributed by atoms with E-state index in [1.165, 1.54) is 12.8 Å². The number of amides is 2. The predicted octanol–water partition coefficient (Wildman–Crippen LogP) is 4.28. The van der Waals surface area contributed by atoms with Crippen LogP contribution in [0.3, 0.4) is 0 Å². The minimum absolute atomic E-state index is 0.195. The first-order valence-corrected chi connectivity index (χ1v) is 9.82. The maximum atomic E-state index is 12.1. The fourth-order valence-corrected chi connectivity index (χ4v) is 3.48. The molecule has 6 heteroatoms. The molecule has 1 aromatic heterocycles. The topological polar surface area (TPSA) is 68.2 Å². The molecule has 0 aliphatic heterocycles. The Morgan fingerprint density at radius 3 is 2.59 bits per heavy atom. The number of urea groups is 1. The van der Waals surface area contributed by atoms with Crippen LogP contribution in [0.4, 0.5) is 10.5 Å². The van der Waals surface area contributed by atoms with Gasteiger partial charge < -0.3 is 15.4 Å². The highest BCUT2D eigenvalue weighted by Crippen LogP contribution is 2.25. The maximum Gasteiger partial charge on any atom is 0.319 e. The van der Waals surface area contributed by atoms with Gasteiger partial charge in [0.15, 0.2) is 0 Å². The molecule has 27 heavy (non-hydrogen) atoms. The van der Waals surface area contributed by atoms with Crippen LogP contribution in [0.2, 0.25) is 0 Å². The minimum atomic E-state index is -0.195. The third kappa shape index (κ3) is 5.74. The molecule has 2 aromatic rings. The highest BCUT2D eigenvalue weighted by Gasteiger charge is 2.16. The number of aromatic nitrogens is 2. The summed E-state index contributed by atoms with van der Waals surface area (Å²) in [6.07, 6.45) is 5.12. The van der Waals surface area contributed by atoms with Crippen molar-refractivity contribution in [2.75, 3.05) is 11.9 Å². The fourth-order valence-electron chi connectivity index (χ4n) is 3.48. The molecule has 1 saturated carbocycles. The average Bonchev–Trinajstić information content (AvgIpc) is 3.24. The molecule has 0 spiro atoms. The Hall–Kier alpha value is -2.50. The van der Waals surface area contributed by atoms with E-state index in [-0.39, 0.29) is 11.9 Å². The zero-order valence-electron chi connectivity index (χ0n) is 16.5. The normalized spacial score (nSPS) is 15.5. The number of ether oxygens (including phenoxy) is 1. The average molecular weight is 370 g/mol. The quantitative estimate of drug-likeness (QED) is 0.764. The van der Waals surface area contributed by atoms with E-state index in [2.05, 4.69) is 28.7 Å². The number of hydrogen-bond acceptors (Lipinski definition) is 3. The van der Waals surface area contributed by atoms with Gasteiger partial charge in [-0.25, -0.2) is 4.79 Å². The molecule has 0 unspecified atom stereocenters. The first-order valence-electron chi connectivity index (χ1n) is 9.82. The highest BCUT2D eigenvalue weighted by atomic mass is 16.5. The molecule has 1 aliphatic carbocycles. The molecule has 0 bridgehead atoms.